The molecule has 1 aromatic rings. The van der Waals surface area contributed by atoms with Crippen LogP contribution >= 0.6 is 0 Å². The highest BCUT2D eigenvalue weighted by atomic mass is 16.3. The third kappa shape index (κ3) is 5.33. The van der Waals surface area contributed by atoms with E-state index in [2.05, 4.69) is 30.3 Å². The fourth-order valence-corrected chi connectivity index (χ4v) is 1.64. The summed E-state index contributed by atoms with van der Waals surface area (Å²) in [5.41, 5.74) is 1.09. The second-order valence-corrected chi connectivity index (χ2v) is 4.71. The number of nitrogens with zero attached hydrogens (tertiary/aromatic N) is 2. The van der Waals surface area contributed by atoms with Crippen molar-refractivity contribution in [3.8, 4) is 0 Å². The van der Waals surface area contributed by atoms with Crippen LogP contribution in [0, 0.1) is 0 Å². The predicted octanol–water partition coefficient (Wildman–Crippen LogP) is 2.10. The second kappa shape index (κ2) is 7.45. The molecule has 2 N–H and O–H groups in total. The molecule has 98 valence electrons. The van der Waals surface area contributed by atoms with Crippen molar-refractivity contribution in [2.45, 2.75) is 58.7 Å². The van der Waals surface area contributed by atoms with Gasteiger partial charge in [0, 0.05) is 18.8 Å². The van der Waals surface area contributed by atoms with Gasteiger partial charge in [0.05, 0.1) is 11.8 Å². The van der Waals surface area contributed by atoms with Crippen molar-refractivity contribution < 1.29 is 5.11 Å². The maximum Gasteiger partial charge on any atom is 0.0762 e. The van der Waals surface area contributed by atoms with Gasteiger partial charge < -0.3 is 10.4 Å². The smallest absolute Gasteiger partial charge is 0.0762 e. The van der Waals surface area contributed by atoms with Crippen molar-refractivity contribution in [3.63, 3.8) is 0 Å². The molecule has 0 saturated carbocycles. The molecule has 0 fully saturated rings. The molecule has 4 nitrogen and oxygen atoms in total. The predicted molar refractivity (Wildman–Crippen MR) is 69.9 cm³/mol. The Labute approximate surface area is 104 Å². The number of hydrogen-bond acceptors (Lipinski definition) is 3. The molecular weight excluding hydrogens is 214 g/mol. The van der Waals surface area contributed by atoms with Crippen molar-refractivity contribution >= 4 is 0 Å². The van der Waals surface area contributed by atoms with Crippen LogP contribution in [-0.2, 0) is 6.54 Å². The zero-order valence-corrected chi connectivity index (χ0v) is 11.2. The van der Waals surface area contributed by atoms with Crippen molar-refractivity contribution in [3.05, 3.63) is 18.0 Å². The van der Waals surface area contributed by atoms with Crippen molar-refractivity contribution in [1.29, 1.82) is 0 Å². The lowest BCUT2D eigenvalue weighted by molar-refractivity contribution is 0.181. The Morgan fingerprint density at radius 1 is 1.47 bits per heavy atom. The Bertz CT molecular complexity index is 309. The maximum atomic E-state index is 9.12. The van der Waals surface area contributed by atoms with E-state index in [1.54, 1.807) is 0 Å². The van der Waals surface area contributed by atoms with Crippen molar-refractivity contribution in [2.24, 2.45) is 0 Å². The highest BCUT2D eigenvalue weighted by molar-refractivity contribution is 4.99. The molecule has 0 aromatic carbocycles. The van der Waals surface area contributed by atoms with Crippen LogP contribution < -0.4 is 5.32 Å². The van der Waals surface area contributed by atoms with Gasteiger partial charge in [0.1, 0.15) is 0 Å². The number of aliphatic hydroxyl groups is 1. The fourth-order valence-electron chi connectivity index (χ4n) is 1.64. The Morgan fingerprint density at radius 2 is 2.24 bits per heavy atom. The molecule has 17 heavy (non-hydrogen) atoms. The molecule has 0 saturated heterocycles. The fraction of sp³-hybridized carbons (Fsp3) is 0.769. The number of nitrogens with one attached hydrogen (secondary N) is 1. The molecule has 1 aromatic heterocycles. The van der Waals surface area contributed by atoms with Crippen LogP contribution in [0.1, 0.15) is 51.8 Å². The second-order valence-electron chi connectivity index (χ2n) is 4.71. The van der Waals surface area contributed by atoms with Crippen molar-refractivity contribution in [1.82, 2.24) is 15.1 Å². The molecule has 2 atom stereocenters. The van der Waals surface area contributed by atoms with Crippen LogP contribution in [0.25, 0.3) is 0 Å². The summed E-state index contributed by atoms with van der Waals surface area (Å²) in [5.74, 6) is 0. The van der Waals surface area contributed by atoms with Gasteiger partial charge in [-0.05, 0) is 45.7 Å². The van der Waals surface area contributed by atoms with E-state index < -0.39 is 0 Å². The first-order chi connectivity index (χ1) is 8.13. The van der Waals surface area contributed by atoms with E-state index in [4.69, 9.17) is 5.11 Å². The number of aromatic nitrogens is 2. The average Bonchev–Trinajstić information content (AvgIpc) is 2.76. The van der Waals surface area contributed by atoms with Gasteiger partial charge in [-0.2, -0.15) is 5.10 Å². The largest absolute Gasteiger partial charge is 0.393 e. The summed E-state index contributed by atoms with van der Waals surface area (Å²) < 4.78 is 2.02. The lowest BCUT2D eigenvalue weighted by atomic mass is 10.2. The number of aliphatic hydroxyl groups excluding tert-OH is 1. The van der Waals surface area contributed by atoms with Crippen LogP contribution in [0.4, 0.5) is 0 Å². The zero-order chi connectivity index (χ0) is 12.7. The highest BCUT2D eigenvalue weighted by Gasteiger charge is 2.04. The molecule has 4 heteroatoms. The topological polar surface area (TPSA) is 50.1 Å². The minimum absolute atomic E-state index is 0.193. The molecule has 0 bridgehead atoms. The van der Waals surface area contributed by atoms with Crippen LogP contribution in [0.15, 0.2) is 12.3 Å². The van der Waals surface area contributed by atoms with E-state index in [1.807, 2.05) is 17.8 Å². The molecule has 0 amide bonds. The molecule has 0 radical (unpaired) electrons. The standard InChI is InChI=1S/C13H25N3O/c1-4-11(2)16-9-7-13(15-16)10-14-8-5-6-12(3)17/h7,9,11-12,14,17H,4-6,8,10H2,1-3H3. The molecule has 0 aliphatic carbocycles. The van der Waals surface area contributed by atoms with Gasteiger partial charge in [-0.1, -0.05) is 6.92 Å². The molecule has 0 aliphatic heterocycles. The van der Waals surface area contributed by atoms with E-state index >= 15 is 0 Å². The quantitative estimate of drug-likeness (QED) is 0.683. The number of rotatable bonds is 8. The van der Waals surface area contributed by atoms with E-state index in [0.717, 1.165) is 38.0 Å². The van der Waals surface area contributed by atoms with Crippen molar-refractivity contribution in [2.75, 3.05) is 6.54 Å². The Balaban J connectivity index is 2.21. The summed E-state index contributed by atoms with van der Waals surface area (Å²) in [6.07, 6.45) is 4.81. The van der Waals surface area contributed by atoms with Crippen LogP contribution in [0.3, 0.4) is 0 Å². The Morgan fingerprint density at radius 3 is 2.88 bits per heavy atom. The first kappa shape index (κ1) is 14.2. The highest BCUT2D eigenvalue weighted by Crippen LogP contribution is 2.08. The SMILES string of the molecule is CCC(C)n1ccc(CNCCCC(C)O)n1. The summed E-state index contributed by atoms with van der Waals surface area (Å²) >= 11 is 0. The minimum Gasteiger partial charge on any atom is -0.393 e. The maximum absolute atomic E-state index is 9.12. The Kier molecular flexibility index (Phi) is 6.22. The van der Waals surface area contributed by atoms with Crippen LogP contribution in [0.5, 0.6) is 0 Å². The molecule has 1 rings (SSSR count). The lowest BCUT2D eigenvalue weighted by Gasteiger charge is -2.08. The average molecular weight is 239 g/mol. The minimum atomic E-state index is -0.193. The molecular formula is C13H25N3O. The summed E-state index contributed by atoms with van der Waals surface area (Å²) in [5, 5.41) is 17.0. The monoisotopic (exact) mass is 239 g/mol. The first-order valence-electron chi connectivity index (χ1n) is 6.56. The third-order valence-corrected chi connectivity index (χ3v) is 2.99. The van der Waals surface area contributed by atoms with Gasteiger partial charge >= 0.3 is 0 Å². The molecule has 2 unspecified atom stereocenters. The van der Waals surface area contributed by atoms with Gasteiger partial charge in [-0.25, -0.2) is 0 Å². The van der Waals surface area contributed by atoms with Crippen LogP contribution in [0.2, 0.25) is 0 Å². The molecule has 0 aliphatic rings. The van der Waals surface area contributed by atoms with E-state index in [-0.39, 0.29) is 6.10 Å². The summed E-state index contributed by atoms with van der Waals surface area (Å²) in [7, 11) is 0. The summed E-state index contributed by atoms with van der Waals surface area (Å²) in [6, 6.07) is 2.53. The van der Waals surface area contributed by atoms with E-state index in [0.29, 0.717) is 6.04 Å². The van der Waals surface area contributed by atoms with Gasteiger partial charge in [-0.3, -0.25) is 4.68 Å². The normalized spacial score (nSPS) is 14.8. The van der Waals surface area contributed by atoms with Gasteiger partial charge in [0.2, 0.25) is 0 Å². The third-order valence-electron chi connectivity index (χ3n) is 2.99. The summed E-state index contributed by atoms with van der Waals surface area (Å²) in [4.78, 5) is 0. The zero-order valence-electron chi connectivity index (χ0n) is 11.2. The van der Waals surface area contributed by atoms with Gasteiger partial charge in [0.25, 0.3) is 0 Å². The van der Waals surface area contributed by atoms with Gasteiger partial charge in [0.15, 0.2) is 0 Å². The Hall–Kier alpha value is -0.870. The first-order valence-corrected chi connectivity index (χ1v) is 6.56. The molecule has 1 heterocycles. The van der Waals surface area contributed by atoms with E-state index in [1.165, 1.54) is 0 Å². The van der Waals surface area contributed by atoms with Gasteiger partial charge in [-0.15, -0.1) is 0 Å². The van der Waals surface area contributed by atoms with E-state index in [9.17, 15) is 0 Å². The number of hydrogen-bond donors (Lipinski definition) is 2. The van der Waals surface area contributed by atoms with Crippen LogP contribution in [-0.4, -0.2) is 27.5 Å². The lowest BCUT2D eigenvalue weighted by Crippen LogP contribution is -2.17. The summed E-state index contributed by atoms with van der Waals surface area (Å²) in [6.45, 7) is 7.91. The molecule has 0 spiro atoms.